The number of hydrogen-bond acceptors (Lipinski definition) is 4. The average Bonchev–Trinajstić information content (AvgIpc) is 2.02. The minimum absolute atomic E-state index is 0.132. The van der Waals surface area contributed by atoms with E-state index in [9.17, 15) is 8.42 Å². The molecule has 0 saturated carbocycles. The third-order valence-electron chi connectivity index (χ3n) is 1.46. The summed E-state index contributed by atoms with van der Waals surface area (Å²) in [7, 11) is 1.27. The van der Waals surface area contributed by atoms with Gasteiger partial charge in [0.2, 0.25) is 0 Å². The molecule has 1 aliphatic rings. The summed E-state index contributed by atoms with van der Waals surface area (Å²) < 4.78 is 21.9. The molecule has 13 heavy (non-hydrogen) atoms. The van der Waals surface area contributed by atoms with Crippen LogP contribution in [0, 0.1) is 5.41 Å². The van der Waals surface area contributed by atoms with Crippen molar-refractivity contribution < 1.29 is 8.42 Å². The molecule has 1 rings (SSSR count). The first-order chi connectivity index (χ1) is 5.96. The maximum atomic E-state index is 10.9. The molecule has 0 spiro atoms. The molecule has 0 aromatic rings. The zero-order valence-electron chi connectivity index (χ0n) is 6.36. The number of allylic oxidation sites excluding steroid dienone is 5. The topological polar surface area (TPSA) is 58.0 Å². The standard InChI is InChI=1S/C7H6ClNO2S2/c8-13(10,11)6-3-1-2-5(4-12)7(6)9/h1-4,9,12H/b5-4-,9-7?. The average molecular weight is 236 g/mol. The number of rotatable bonds is 1. The third-order valence-corrected chi connectivity index (χ3v) is 3.10. The largest absolute Gasteiger partial charge is 0.299 e. The summed E-state index contributed by atoms with van der Waals surface area (Å²) in [5.41, 5.74) is 0.289. The zero-order chi connectivity index (χ0) is 10.1. The van der Waals surface area contributed by atoms with Crippen LogP contribution < -0.4 is 0 Å². The maximum absolute atomic E-state index is 10.9. The summed E-state index contributed by atoms with van der Waals surface area (Å²) >= 11 is 3.84. The van der Waals surface area contributed by atoms with Gasteiger partial charge in [0.05, 0.1) is 5.71 Å². The Kier molecular flexibility index (Phi) is 3.00. The van der Waals surface area contributed by atoms with Crippen LogP contribution in [0.3, 0.4) is 0 Å². The van der Waals surface area contributed by atoms with Crippen LogP contribution in [0.2, 0.25) is 0 Å². The Morgan fingerprint density at radius 1 is 1.54 bits per heavy atom. The van der Waals surface area contributed by atoms with Crippen LogP contribution in [-0.4, -0.2) is 14.1 Å². The summed E-state index contributed by atoms with van der Waals surface area (Å²) in [4.78, 5) is -0.197. The fourth-order valence-electron chi connectivity index (χ4n) is 0.859. The summed E-state index contributed by atoms with van der Waals surface area (Å²) in [5.74, 6) is 0. The lowest BCUT2D eigenvalue weighted by atomic mass is 10.1. The van der Waals surface area contributed by atoms with Gasteiger partial charge in [0, 0.05) is 16.3 Å². The predicted molar refractivity (Wildman–Crippen MR) is 56.8 cm³/mol. The van der Waals surface area contributed by atoms with Gasteiger partial charge in [-0.15, -0.1) is 0 Å². The highest BCUT2D eigenvalue weighted by Gasteiger charge is 2.22. The van der Waals surface area contributed by atoms with Gasteiger partial charge >= 0.3 is 0 Å². The monoisotopic (exact) mass is 235 g/mol. The quantitative estimate of drug-likeness (QED) is 0.538. The van der Waals surface area contributed by atoms with Crippen LogP contribution >= 0.6 is 23.3 Å². The van der Waals surface area contributed by atoms with E-state index >= 15 is 0 Å². The number of halogens is 1. The molecule has 0 bridgehead atoms. The van der Waals surface area contributed by atoms with Gasteiger partial charge in [0.15, 0.2) is 0 Å². The molecule has 0 aromatic carbocycles. The molecule has 1 aliphatic carbocycles. The summed E-state index contributed by atoms with van der Waals surface area (Å²) in [5, 5.41) is 8.81. The van der Waals surface area contributed by atoms with Crippen LogP contribution in [0.1, 0.15) is 0 Å². The first-order valence-corrected chi connectivity index (χ1v) is 6.06. The van der Waals surface area contributed by atoms with E-state index in [1.54, 1.807) is 6.08 Å². The van der Waals surface area contributed by atoms with E-state index in [0.29, 0.717) is 5.57 Å². The smallest absolute Gasteiger partial charge is 0.263 e. The van der Waals surface area contributed by atoms with Gasteiger partial charge in [0.1, 0.15) is 4.91 Å². The lowest BCUT2D eigenvalue weighted by Gasteiger charge is -2.09. The molecule has 0 fully saturated rings. The van der Waals surface area contributed by atoms with Crippen molar-refractivity contribution in [3.63, 3.8) is 0 Å². The maximum Gasteiger partial charge on any atom is 0.263 e. The molecule has 0 atom stereocenters. The second-order valence-corrected chi connectivity index (χ2v) is 5.08. The van der Waals surface area contributed by atoms with Gasteiger partial charge in [-0.25, -0.2) is 8.42 Å². The second kappa shape index (κ2) is 3.69. The number of hydrogen-bond donors (Lipinski definition) is 2. The zero-order valence-corrected chi connectivity index (χ0v) is 8.83. The molecule has 0 amide bonds. The first-order valence-electron chi connectivity index (χ1n) is 3.23. The first kappa shape index (κ1) is 10.6. The molecular weight excluding hydrogens is 230 g/mol. The van der Waals surface area contributed by atoms with Crippen LogP contribution in [-0.2, 0) is 9.05 Å². The summed E-state index contributed by atoms with van der Waals surface area (Å²) in [6.07, 6.45) is 4.38. The highest BCUT2D eigenvalue weighted by molar-refractivity contribution is 8.17. The lowest BCUT2D eigenvalue weighted by molar-refractivity contribution is 0.616. The van der Waals surface area contributed by atoms with Crippen molar-refractivity contribution in [1.29, 1.82) is 5.41 Å². The Balaban J connectivity index is 3.25. The van der Waals surface area contributed by atoms with Gasteiger partial charge in [-0.1, -0.05) is 12.2 Å². The van der Waals surface area contributed by atoms with Crippen LogP contribution in [0.15, 0.2) is 34.1 Å². The summed E-state index contributed by atoms with van der Waals surface area (Å²) in [6.45, 7) is 0. The Hall–Kier alpha value is -0.520. The second-order valence-electron chi connectivity index (χ2n) is 2.29. The van der Waals surface area contributed by atoms with Gasteiger partial charge in [-0.2, -0.15) is 12.6 Å². The fourth-order valence-corrected chi connectivity index (χ4v) is 2.06. The third kappa shape index (κ3) is 2.24. The van der Waals surface area contributed by atoms with Crippen molar-refractivity contribution in [2.75, 3.05) is 0 Å². The van der Waals surface area contributed by atoms with Crippen LogP contribution in [0.25, 0.3) is 0 Å². The Morgan fingerprint density at radius 3 is 2.62 bits per heavy atom. The van der Waals surface area contributed by atoms with Crippen molar-refractivity contribution in [1.82, 2.24) is 0 Å². The van der Waals surface area contributed by atoms with Crippen molar-refractivity contribution in [3.8, 4) is 0 Å². The van der Waals surface area contributed by atoms with E-state index in [4.69, 9.17) is 16.1 Å². The van der Waals surface area contributed by atoms with Gasteiger partial charge in [0.25, 0.3) is 9.05 Å². The van der Waals surface area contributed by atoms with Gasteiger partial charge in [-0.3, -0.25) is 5.41 Å². The molecular formula is C7H6ClNO2S2. The van der Waals surface area contributed by atoms with E-state index in [2.05, 4.69) is 12.6 Å². The molecule has 6 heteroatoms. The Bertz CT molecular complexity index is 431. The lowest BCUT2D eigenvalue weighted by Crippen LogP contribution is -2.11. The van der Waals surface area contributed by atoms with Crippen molar-refractivity contribution >= 4 is 38.1 Å². The van der Waals surface area contributed by atoms with E-state index in [1.165, 1.54) is 17.6 Å². The molecule has 0 unspecified atom stereocenters. The molecule has 0 saturated heterocycles. The van der Waals surface area contributed by atoms with Gasteiger partial charge < -0.3 is 0 Å². The highest BCUT2D eigenvalue weighted by Crippen LogP contribution is 2.22. The van der Waals surface area contributed by atoms with Crippen molar-refractivity contribution in [3.05, 3.63) is 34.1 Å². The fraction of sp³-hybridized carbons (Fsp3) is 0. The number of nitrogens with one attached hydrogen (secondary N) is 1. The molecule has 0 radical (unpaired) electrons. The minimum Gasteiger partial charge on any atom is -0.299 e. The number of thiol groups is 1. The molecule has 0 aliphatic heterocycles. The van der Waals surface area contributed by atoms with Crippen molar-refractivity contribution in [2.45, 2.75) is 0 Å². The molecule has 1 N–H and O–H groups in total. The van der Waals surface area contributed by atoms with Gasteiger partial charge in [-0.05, 0) is 11.5 Å². The predicted octanol–water partition coefficient (Wildman–Crippen LogP) is 1.84. The highest BCUT2D eigenvalue weighted by atomic mass is 35.7. The molecule has 70 valence electrons. The molecule has 3 nitrogen and oxygen atoms in total. The normalized spacial score (nSPS) is 20.6. The Morgan fingerprint density at radius 2 is 2.15 bits per heavy atom. The van der Waals surface area contributed by atoms with Crippen molar-refractivity contribution in [2.24, 2.45) is 0 Å². The van der Waals surface area contributed by atoms with Crippen LogP contribution in [0.4, 0.5) is 0 Å². The Labute approximate surface area is 86.1 Å². The molecule has 0 aromatic heterocycles. The van der Waals surface area contributed by atoms with E-state index in [0.717, 1.165) is 0 Å². The summed E-state index contributed by atoms with van der Waals surface area (Å²) in [6, 6.07) is 0. The minimum atomic E-state index is -3.84. The van der Waals surface area contributed by atoms with E-state index in [-0.39, 0.29) is 10.6 Å². The SMILES string of the molecule is N=C1C(S(=O)(=O)Cl)=CC=C/C1=C/S. The van der Waals surface area contributed by atoms with Crippen LogP contribution in [0.5, 0.6) is 0 Å². The van der Waals surface area contributed by atoms with E-state index in [1.807, 2.05) is 0 Å². The molecule has 0 heterocycles. The van der Waals surface area contributed by atoms with E-state index < -0.39 is 9.05 Å².